The predicted octanol–water partition coefficient (Wildman–Crippen LogP) is 7.81. The number of benzene rings is 3. The van der Waals surface area contributed by atoms with Crippen molar-refractivity contribution >= 4 is 18.0 Å². The molecule has 0 heterocycles. The summed E-state index contributed by atoms with van der Waals surface area (Å²) in [7, 11) is 0. The maximum Gasteiger partial charge on any atom is 0.329 e. The van der Waals surface area contributed by atoms with E-state index in [1.54, 1.807) is 25.7 Å². The minimum absolute atomic E-state index is 0.0944. The summed E-state index contributed by atoms with van der Waals surface area (Å²) in [4.78, 5) is 45.1. The van der Waals surface area contributed by atoms with Gasteiger partial charge in [0.1, 0.15) is 28.6 Å². The van der Waals surface area contributed by atoms with Gasteiger partial charge in [0, 0.05) is 39.1 Å². The van der Waals surface area contributed by atoms with Crippen LogP contribution in [0.25, 0.3) is 0 Å². The lowest BCUT2D eigenvalue weighted by atomic mass is 10.0. The van der Waals surface area contributed by atoms with Crippen LogP contribution in [0.4, 0.5) is 4.79 Å². The van der Waals surface area contributed by atoms with E-state index in [4.69, 9.17) is 14.2 Å². The highest BCUT2D eigenvalue weighted by Crippen LogP contribution is 2.21. The molecular weight excluding hydrogens is 642 g/mol. The van der Waals surface area contributed by atoms with Gasteiger partial charge in [-0.2, -0.15) is 0 Å². The lowest BCUT2D eigenvalue weighted by molar-refractivity contribution is -0.161. The van der Waals surface area contributed by atoms with E-state index in [-0.39, 0.29) is 24.5 Å². The van der Waals surface area contributed by atoms with Crippen LogP contribution in [0.3, 0.4) is 0 Å². The van der Waals surface area contributed by atoms with Gasteiger partial charge in [-0.3, -0.25) is 9.69 Å². The van der Waals surface area contributed by atoms with E-state index in [1.165, 1.54) is 0 Å². The molecule has 278 valence electrons. The standard InChI is InChI=1S/C42H59N3O6/c1-11-45(39(48)43-36(38(47)51-42(8,9)10)26-31-22-24-35(25-23-31)49-40(2,3)4)30-34(37(46)50-41(5,6)7)29-44(27-32-18-14-12-15-19-32)28-33-20-16-13-17-21-33/h12-25,34,36H,11,26-30H2,1-10H3,(H,43,48)/t34-,36+/m1/s1. The summed E-state index contributed by atoms with van der Waals surface area (Å²) >= 11 is 0. The summed E-state index contributed by atoms with van der Waals surface area (Å²) < 4.78 is 17.6. The molecule has 9 nitrogen and oxygen atoms in total. The molecule has 0 aromatic heterocycles. The first-order valence-electron chi connectivity index (χ1n) is 17.9. The number of nitrogens with zero attached hydrogens (tertiary/aromatic N) is 2. The molecule has 1 N–H and O–H groups in total. The fourth-order valence-corrected chi connectivity index (χ4v) is 5.48. The zero-order chi connectivity index (χ0) is 37.8. The summed E-state index contributed by atoms with van der Waals surface area (Å²) in [6.07, 6.45) is 0.214. The highest BCUT2D eigenvalue weighted by molar-refractivity contribution is 5.84. The monoisotopic (exact) mass is 701 g/mol. The second-order valence-electron chi connectivity index (χ2n) is 16.0. The fraction of sp³-hybridized carbons (Fsp3) is 0.500. The minimum Gasteiger partial charge on any atom is -0.488 e. The molecule has 0 fully saturated rings. The van der Waals surface area contributed by atoms with E-state index in [2.05, 4.69) is 34.5 Å². The molecule has 2 atom stereocenters. The molecule has 2 amide bonds. The van der Waals surface area contributed by atoms with E-state index >= 15 is 0 Å². The SMILES string of the molecule is CCN(C[C@@H](CN(Cc1ccccc1)Cc1ccccc1)C(=O)OC(C)(C)C)C(=O)N[C@@H](Cc1ccc(OC(C)(C)C)cc1)C(=O)OC(C)(C)C. The molecule has 3 aromatic carbocycles. The van der Waals surface area contributed by atoms with Crippen molar-refractivity contribution in [2.75, 3.05) is 19.6 Å². The van der Waals surface area contributed by atoms with Gasteiger partial charge in [0.05, 0.1) is 5.92 Å². The Balaban J connectivity index is 1.87. The number of hydrogen-bond donors (Lipinski definition) is 1. The number of amides is 2. The molecule has 0 saturated carbocycles. The van der Waals surface area contributed by atoms with Gasteiger partial charge in [-0.05, 0) is 98.1 Å². The van der Waals surface area contributed by atoms with Gasteiger partial charge in [-0.15, -0.1) is 0 Å². The van der Waals surface area contributed by atoms with E-state index in [1.807, 2.05) is 109 Å². The van der Waals surface area contributed by atoms with Crippen molar-refractivity contribution in [2.45, 2.75) is 112 Å². The van der Waals surface area contributed by atoms with Gasteiger partial charge in [-0.25, -0.2) is 9.59 Å². The average molecular weight is 702 g/mol. The zero-order valence-electron chi connectivity index (χ0n) is 32.3. The van der Waals surface area contributed by atoms with Gasteiger partial charge in [-0.1, -0.05) is 72.8 Å². The smallest absolute Gasteiger partial charge is 0.329 e. The topological polar surface area (TPSA) is 97.4 Å². The summed E-state index contributed by atoms with van der Waals surface area (Å²) in [5.41, 5.74) is 1.24. The Morgan fingerprint density at radius 1 is 0.627 bits per heavy atom. The minimum atomic E-state index is -0.965. The number of hydrogen-bond acceptors (Lipinski definition) is 7. The summed E-state index contributed by atoms with van der Waals surface area (Å²) in [5.74, 6) is -0.885. The lowest BCUT2D eigenvalue weighted by Gasteiger charge is -2.33. The van der Waals surface area contributed by atoms with Crippen molar-refractivity contribution in [1.82, 2.24) is 15.1 Å². The molecular formula is C42H59N3O6. The molecule has 3 aromatic rings. The molecule has 0 aliphatic carbocycles. The Morgan fingerprint density at radius 3 is 1.57 bits per heavy atom. The van der Waals surface area contributed by atoms with Crippen molar-refractivity contribution < 1.29 is 28.6 Å². The van der Waals surface area contributed by atoms with Crippen LogP contribution < -0.4 is 10.1 Å². The largest absolute Gasteiger partial charge is 0.488 e. The first kappa shape index (κ1) is 41.1. The van der Waals surface area contributed by atoms with E-state index in [9.17, 15) is 14.4 Å². The zero-order valence-corrected chi connectivity index (χ0v) is 32.3. The van der Waals surface area contributed by atoms with Gasteiger partial charge in [0.2, 0.25) is 0 Å². The Hall–Kier alpha value is -4.37. The van der Waals surface area contributed by atoms with E-state index in [0.717, 1.165) is 16.7 Å². The van der Waals surface area contributed by atoms with E-state index in [0.29, 0.717) is 31.9 Å². The highest BCUT2D eigenvalue weighted by atomic mass is 16.6. The van der Waals surface area contributed by atoms with Crippen molar-refractivity contribution in [2.24, 2.45) is 5.92 Å². The molecule has 9 heteroatoms. The van der Waals surface area contributed by atoms with Gasteiger partial charge < -0.3 is 24.4 Å². The van der Waals surface area contributed by atoms with Crippen LogP contribution in [0.1, 0.15) is 85.9 Å². The molecule has 0 spiro atoms. The number of rotatable bonds is 15. The van der Waals surface area contributed by atoms with Crippen molar-refractivity contribution in [3.63, 3.8) is 0 Å². The summed E-state index contributed by atoms with van der Waals surface area (Å²) in [5, 5.41) is 2.93. The van der Waals surface area contributed by atoms with Crippen LogP contribution in [0.2, 0.25) is 0 Å². The summed E-state index contributed by atoms with van der Waals surface area (Å²) in [6, 6.07) is 26.3. The molecule has 0 unspecified atom stereocenters. The Morgan fingerprint density at radius 2 is 1.12 bits per heavy atom. The molecule has 0 radical (unpaired) electrons. The number of urea groups is 1. The van der Waals surface area contributed by atoms with Crippen LogP contribution in [-0.4, -0.2) is 70.2 Å². The maximum absolute atomic E-state index is 14.0. The normalized spacial score (nSPS) is 13.2. The number of carbonyl (C=O) groups is 3. The third-order valence-corrected chi connectivity index (χ3v) is 7.60. The Bertz CT molecular complexity index is 1480. The number of ether oxygens (including phenoxy) is 3. The van der Waals surface area contributed by atoms with Gasteiger partial charge in [0.25, 0.3) is 0 Å². The number of nitrogens with one attached hydrogen (secondary N) is 1. The van der Waals surface area contributed by atoms with Gasteiger partial charge in [0.15, 0.2) is 0 Å². The second-order valence-corrected chi connectivity index (χ2v) is 16.0. The third-order valence-electron chi connectivity index (χ3n) is 7.60. The fourth-order valence-electron chi connectivity index (χ4n) is 5.48. The molecule has 0 saturated heterocycles. The lowest BCUT2D eigenvalue weighted by Crippen LogP contribution is -2.52. The van der Waals surface area contributed by atoms with Crippen LogP contribution in [0.5, 0.6) is 5.75 Å². The first-order valence-corrected chi connectivity index (χ1v) is 17.9. The van der Waals surface area contributed by atoms with Crippen LogP contribution in [-0.2, 0) is 38.6 Å². The van der Waals surface area contributed by atoms with E-state index < -0.39 is 35.2 Å². The first-order chi connectivity index (χ1) is 23.8. The predicted molar refractivity (Wildman–Crippen MR) is 202 cm³/mol. The molecule has 0 bridgehead atoms. The molecule has 0 aliphatic heterocycles. The third kappa shape index (κ3) is 15.6. The Kier molecular flexibility index (Phi) is 14.7. The van der Waals surface area contributed by atoms with Crippen LogP contribution in [0.15, 0.2) is 84.9 Å². The quantitative estimate of drug-likeness (QED) is 0.162. The molecule has 3 rings (SSSR count). The Labute approximate surface area is 305 Å². The highest BCUT2D eigenvalue weighted by Gasteiger charge is 2.33. The molecule has 51 heavy (non-hydrogen) atoms. The van der Waals surface area contributed by atoms with Crippen LogP contribution in [0, 0.1) is 5.92 Å². The summed E-state index contributed by atoms with van der Waals surface area (Å²) in [6.45, 7) is 20.6. The number of carbonyl (C=O) groups excluding carboxylic acids is 3. The van der Waals surface area contributed by atoms with Crippen molar-refractivity contribution in [3.05, 3.63) is 102 Å². The molecule has 0 aliphatic rings. The van der Waals surface area contributed by atoms with Crippen molar-refractivity contribution in [1.29, 1.82) is 0 Å². The van der Waals surface area contributed by atoms with Gasteiger partial charge >= 0.3 is 18.0 Å². The second kappa shape index (κ2) is 18.2. The maximum atomic E-state index is 14.0. The average Bonchev–Trinajstić information content (AvgIpc) is 3.02. The number of esters is 2. The van der Waals surface area contributed by atoms with Crippen LogP contribution >= 0.6 is 0 Å². The van der Waals surface area contributed by atoms with Crippen molar-refractivity contribution in [3.8, 4) is 5.75 Å².